The average molecular weight is 491 g/mol. The monoisotopic (exact) mass is 490 g/mol. The molecule has 2 aromatic rings. The van der Waals surface area contributed by atoms with Crippen molar-refractivity contribution in [1.29, 1.82) is 0 Å². The number of pyridine rings is 1. The maximum absolute atomic E-state index is 12.8. The summed E-state index contributed by atoms with van der Waals surface area (Å²) in [6, 6.07) is 7.70. The molecular formula is C20H22ClF3N4O3S. The summed E-state index contributed by atoms with van der Waals surface area (Å²) in [5.74, 6) is -0.158. The second-order valence-corrected chi connectivity index (χ2v) is 9.77. The van der Waals surface area contributed by atoms with Crippen molar-refractivity contribution < 1.29 is 26.4 Å². The predicted molar refractivity (Wildman–Crippen MR) is 116 cm³/mol. The van der Waals surface area contributed by atoms with Crippen molar-refractivity contribution >= 4 is 39.0 Å². The molecule has 0 bridgehead atoms. The van der Waals surface area contributed by atoms with Crippen molar-refractivity contribution in [3.63, 3.8) is 0 Å². The van der Waals surface area contributed by atoms with Gasteiger partial charge in [0.25, 0.3) is 0 Å². The van der Waals surface area contributed by atoms with Crippen LogP contribution in [0, 0.1) is 6.92 Å². The Hall–Kier alpha value is -2.53. The molecule has 174 valence electrons. The van der Waals surface area contributed by atoms with Gasteiger partial charge in [0.15, 0.2) is 0 Å². The van der Waals surface area contributed by atoms with Crippen LogP contribution in [0.15, 0.2) is 36.5 Å². The molecule has 1 aromatic heterocycles. The first-order valence-electron chi connectivity index (χ1n) is 9.66. The maximum atomic E-state index is 12.8. The molecule has 1 aliphatic rings. The first-order chi connectivity index (χ1) is 14.9. The van der Waals surface area contributed by atoms with Crippen molar-refractivity contribution in [1.82, 2.24) is 9.88 Å². The van der Waals surface area contributed by atoms with Crippen LogP contribution in [0.3, 0.4) is 0 Å². The number of hydrogen-bond donors (Lipinski definition) is 0. The van der Waals surface area contributed by atoms with Crippen LogP contribution in [-0.2, 0) is 21.0 Å². The molecule has 1 saturated heterocycles. The summed E-state index contributed by atoms with van der Waals surface area (Å²) in [7, 11) is -3.69. The standard InChI is InChI=1S/C20H22ClF3N4O3S/c1-14-5-3-4-6-17(14)28(32(2,30)31)13-18(29)26-7-9-27(10-8-26)19-16(21)11-15(12-25-19)20(22,23)24/h3-6,11-12H,7-10,13H2,1-2H3. The molecule has 1 amide bonds. The van der Waals surface area contributed by atoms with Crippen molar-refractivity contribution in [2.45, 2.75) is 13.1 Å². The molecule has 1 aromatic carbocycles. The van der Waals surface area contributed by atoms with Gasteiger partial charge in [-0.15, -0.1) is 0 Å². The van der Waals surface area contributed by atoms with Crippen molar-refractivity contribution in [2.75, 3.05) is 48.2 Å². The van der Waals surface area contributed by atoms with E-state index in [-0.39, 0.29) is 36.4 Å². The number of hydrogen-bond acceptors (Lipinski definition) is 5. The van der Waals surface area contributed by atoms with E-state index in [1.54, 1.807) is 36.1 Å². The Kier molecular flexibility index (Phi) is 6.89. The number of para-hydroxylation sites is 1. The number of piperazine rings is 1. The van der Waals surface area contributed by atoms with Gasteiger partial charge in [-0.25, -0.2) is 13.4 Å². The van der Waals surface area contributed by atoms with Gasteiger partial charge in [0.2, 0.25) is 15.9 Å². The van der Waals surface area contributed by atoms with Crippen LogP contribution in [0.5, 0.6) is 0 Å². The third kappa shape index (κ3) is 5.44. The van der Waals surface area contributed by atoms with Gasteiger partial charge in [0.1, 0.15) is 12.4 Å². The Morgan fingerprint density at radius 1 is 1.19 bits per heavy atom. The number of carbonyl (C=O) groups is 1. The molecule has 1 aliphatic heterocycles. The Labute approximate surface area is 189 Å². The second-order valence-electron chi connectivity index (χ2n) is 7.45. The highest BCUT2D eigenvalue weighted by Gasteiger charge is 2.33. The molecule has 0 atom stereocenters. The van der Waals surface area contributed by atoms with E-state index in [4.69, 9.17) is 11.6 Å². The van der Waals surface area contributed by atoms with Gasteiger partial charge >= 0.3 is 6.18 Å². The lowest BCUT2D eigenvalue weighted by atomic mass is 10.2. The van der Waals surface area contributed by atoms with Crippen LogP contribution in [-0.4, -0.2) is 63.2 Å². The summed E-state index contributed by atoms with van der Waals surface area (Å²) >= 11 is 6.01. The number of aryl methyl sites for hydroxylation is 1. The minimum absolute atomic E-state index is 0.123. The van der Waals surface area contributed by atoms with E-state index in [0.29, 0.717) is 18.8 Å². The summed E-state index contributed by atoms with van der Waals surface area (Å²) in [6.07, 6.45) is -2.77. The highest BCUT2D eigenvalue weighted by Crippen LogP contribution is 2.33. The van der Waals surface area contributed by atoms with Crippen LogP contribution < -0.4 is 9.21 Å². The van der Waals surface area contributed by atoms with Gasteiger partial charge < -0.3 is 9.80 Å². The second kappa shape index (κ2) is 9.14. The van der Waals surface area contributed by atoms with E-state index < -0.39 is 21.8 Å². The highest BCUT2D eigenvalue weighted by atomic mass is 35.5. The molecule has 0 N–H and O–H groups in total. The van der Waals surface area contributed by atoms with Gasteiger partial charge in [-0.2, -0.15) is 13.2 Å². The summed E-state index contributed by atoms with van der Waals surface area (Å²) < 4.78 is 64.2. The summed E-state index contributed by atoms with van der Waals surface area (Å²) in [5.41, 5.74) is 0.221. The van der Waals surface area contributed by atoms with Gasteiger partial charge in [-0.05, 0) is 24.6 Å². The Morgan fingerprint density at radius 3 is 2.34 bits per heavy atom. The molecule has 3 rings (SSSR count). The van der Waals surface area contributed by atoms with Gasteiger partial charge in [-0.3, -0.25) is 9.10 Å². The van der Waals surface area contributed by atoms with Gasteiger partial charge in [-0.1, -0.05) is 29.8 Å². The molecule has 1 fully saturated rings. The number of rotatable bonds is 5. The molecule has 2 heterocycles. The number of aromatic nitrogens is 1. The third-order valence-corrected chi connectivity index (χ3v) is 6.55. The van der Waals surface area contributed by atoms with E-state index in [1.165, 1.54) is 4.90 Å². The number of nitrogens with zero attached hydrogens (tertiary/aromatic N) is 4. The van der Waals surface area contributed by atoms with Crippen LogP contribution in [0.4, 0.5) is 24.7 Å². The average Bonchev–Trinajstić information content (AvgIpc) is 2.71. The van der Waals surface area contributed by atoms with E-state index in [9.17, 15) is 26.4 Å². The van der Waals surface area contributed by atoms with Crippen molar-refractivity contribution in [3.05, 3.63) is 52.7 Å². The Bertz CT molecular complexity index is 1100. The van der Waals surface area contributed by atoms with E-state index in [2.05, 4.69) is 4.98 Å². The zero-order valence-corrected chi connectivity index (χ0v) is 19.0. The third-order valence-electron chi connectivity index (χ3n) is 5.14. The normalized spacial score (nSPS) is 15.1. The number of halogens is 4. The molecule has 0 aliphatic carbocycles. The molecule has 7 nitrogen and oxygen atoms in total. The number of carbonyl (C=O) groups excluding carboxylic acids is 1. The Morgan fingerprint density at radius 2 is 1.81 bits per heavy atom. The molecule has 12 heteroatoms. The lowest BCUT2D eigenvalue weighted by Crippen LogP contribution is -2.52. The molecule has 0 unspecified atom stereocenters. The van der Waals surface area contributed by atoms with Gasteiger partial charge in [0, 0.05) is 32.4 Å². The first kappa shape index (κ1) is 24.1. The van der Waals surface area contributed by atoms with Crippen LogP contribution in [0.1, 0.15) is 11.1 Å². The smallest absolute Gasteiger partial charge is 0.352 e. The van der Waals surface area contributed by atoms with E-state index in [0.717, 1.165) is 28.4 Å². The maximum Gasteiger partial charge on any atom is 0.417 e. The number of sulfonamides is 1. The molecule has 32 heavy (non-hydrogen) atoms. The molecular weight excluding hydrogens is 469 g/mol. The predicted octanol–water partition coefficient (Wildman–Crippen LogP) is 3.18. The minimum atomic E-state index is -4.54. The van der Waals surface area contributed by atoms with E-state index in [1.807, 2.05) is 0 Å². The fourth-order valence-corrected chi connectivity index (χ4v) is 4.63. The Balaban J connectivity index is 1.68. The SMILES string of the molecule is Cc1ccccc1N(CC(=O)N1CCN(c2ncc(C(F)(F)F)cc2Cl)CC1)S(C)(=O)=O. The fraction of sp³-hybridized carbons (Fsp3) is 0.400. The number of anilines is 2. The lowest BCUT2D eigenvalue weighted by Gasteiger charge is -2.36. The lowest BCUT2D eigenvalue weighted by molar-refractivity contribution is -0.137. The number of benzene rings is 1. The molecule has 0 saturated carbocycles. The van der Waals surface area contributed by atoms with Crippen molar-refractivity contribution in [2.24, 2.45) is 0 Å². The van der Waals surface area contributed by atoms with Crippen molar-refractivity contribution in [3.8, 4) is 0 Å². The topological polar surface area (TPSA) is 73.8 Å². The van der Waals surface area contributed by atoms with Crippen LogP contribution >= 0.6 is 11.6 Å². The first-order valence-corrected chi connectivity index (χ1v) is 11.9. The molecule has 0 spiro atoms. The zero-order chi connectivity index (χ0) is 23.7. The van der Waals surface area contributed by atoms with Gasteiger partial charge in [0.05, 0.1) is 22.5 Å². The largest absolute Gasteiger partial charge is 0.417 e. The zero-order valence-electron chi connectivity index (χ0n) is 17.4. The fourth-order valence-electron chi connectivity index (χ4n) is 3.43. The summed E-state index contributed by atoms with van der Waals surface area (Å²) in [6.45, 7) is 2.52. The quantitative estimate of drug-likeness (QED) is 0.643. The number of alkyl halides is 3. The van der Waals surface area contributed by atoms with Crippen LogP contribution in [0.25, 0.3) is 0 Å². The minimum Gasteiger partial charge on any atom is -0.352 e. The summed E-state index contributed by atoms with van der Waals surface area (Å²) in [4.78, 5) is 19.9. The van der Waals surface area contributed by atoms with E-state index >= 15 is 0 Å². The van der Waals surface area contributed by atoms with Crippen LogP contribution in [0.2, 0.25) is 5.02 Å². The molecule has 0 radical (unpaired) electrons. The highest BCUT2D eigenvalue weighted by molar-refractivity contribution is 7.92. The summed E-state index contributed by atoms with van der Waals surface area (Å²) in [5, 5.41) is -0.123. The number of amides is 1.